The molecule has 2 aromatic rings. The van der Waals surface area contributed by atoms with Gasteiger partial charge in [-0.2, -0.15) is 0 Å². The van der Waals surface area contributed by atoms with Crippen molar-refractivity contribution in [3.8, 4) is 0 Å². The van der Waals surface area contributed by atoms with Crippen molar-refractivity contribution in [1.29, 1.82) is 0 Å². The summed E-state index contributed by atoms with van der Waals surface area (Å²) in [5, 5.41) is 5.52. The third-order valence-electron chi connectivity index (χ3n) is 4.95. The number of pyridine rings is 1. The Kier molecular flexibility index (Phi) is 3.60. The smallest absolute Gasteiger partial charge is 0.0761 e. The van der Waals surface area contributed by atoms with Crippen LogP contribution in [-0.4, -0.2) is 11.5 Å². The maximum Gasteiger partial charge on any atom is 0.0761 e. The van der Waals surface area contributed by atoms with Crippen LogP contribution in [0.25, 0.3) is 10.9 Å². The van der Waals surface area contributed by atoms with Gasteiger partial charge in [0, 0.05) is 23.2 Å². The fourth-order valence-corrected chi connectivity index (χ4v) is 3.70. The molecule has 0 spiro atoms. The van der Waals surface area contributed by atoms with E-state index in [4.69, 9.17) is 11.6 Å². The van der Waals surface area contributed by atoms with E-state index >= 15 is 0 Å². The van der Waals surface area contributed by atoms with E-state index in [1.807, 2.05) is 24.4 Å². The number of aromatic nitrogens is 1. The number of rotatable bonds is 6. The van der Waals surface area contributed by atoms with Gasteiger partial charge in [-0.05, 0) is 73.7 Å². The number of nitrogens with zero attached hydrogens (tertiary/aromatic N) is 1. The second-order valence-electron chi connectivity index (χ2n) is 6.58. The Bertz CT molecular complexity index is 635. The molecular weight excluding hydrogens is 280 g/mol. The molecule has 0 unspecified atom stereocenters. The molecule has 2 saturated carbocycles. The molecule has 21 heavy (non-hydrogen) atoms. The lowest BCUT2D eigenvalue weighted by Crippen LogP contribution is -2.25. The monoisotopic (exact) mass is 300 g/mol. The van der Waals surface area contributed by atoms with E-state index < -0.39 is 0 Å². The second kappa shape index (κ2) is 5.58. The van der Waals surface area contributed by atoms with Crippen molar-refractivity contribution < 1.29 is 0 Å². The third kappa shape index (κ3) is 2.93. The molecule has 0 saturated heterocycles. The largest absolute Gasteiger partial charge is 0.312 e. The Morgan fingerprint density at radius 2 is 1.90 bits per heavy atom. The van der Waals surface area contributed by atoms with E-state index in [1.54, 1.807) is 0 Å². The van der Waals surface area contributed by atoms with E-state index in [9.17, 15) is 0 Å². The van der Waals surface area contributed by atoms with Gasteiger partial charge in [0.15, 0.2) is 0 Å². The maximum absolute atomic E-state index is 6.25. The van der Waals surface area contributed by atoms with Crippen molar-refractivity contribution in [3.63, 3.8) is 0 Å². The van der Waals surface area contributed by atoms with Crippen molar-refractivity contribution in [2.75, 3.05) is 6.54 Å². The van der Waals surface area contributed by atoms with Crippen LogP contribution < -0.4 is 5.32 Å². The molecular formula is C18H21ClN2. The Morgan fingerprint density at radius 1 is 1.14 bits per heavy atom. The van der Waals surface area contributed by atoms with Crippen molar-refractivity contribution in [2.45, 2.75) is 32.2 Å². The summed E-state index contributed by atoms with van der Waals surface area (Å²) in [6.45, 7) is 2.05. The molecule has 2 nitrogen and oxygen atoms in total. The molecule has 1 aromatic carbocycles. The predicted molar refractivity (Wildman–Crippen MR) is 87.4 cm³/mol. The molecule has 0 atom stereocenters. The average molecular weight is 301 g/mol. The average Bonchev–Trinajstić information content (AvgIpc) is 3.39. The van der Waals surface area contributed by atoms with Crippen LogP contribution in [0, 0.1) is 17.8 Å². The number of hydrogen-bond donors (Lipinski definition) is 1. The molecule has 3 heteroatoms. The maximum atomic E-state index is 6.25. The highest BCUT2D eigenvalue weighted by Crippen LogP contribution is 2.48. The highest BCUT2D eigenvalue weighted by atomic mass is 35.5. The number of benzene rings is 1. The number of fused-ring (bicyclic) bond motifs is 1. The Morgan fingerprint density at radius 3 is 2.62 bits per heavy atom. The van der Waals surface area contributed by atoms with Crippen LogP contribution in [-0.2, 0) is 6.54 Å². The van der Waals surface area contributed by atoms with Gasteiger partial charge in [-0.1, -0.05) is 17.7 Å². The highest BCUT2D eigenvalue weighted by Gasteiger charge is 2.40. The molecule has 110 valence electrons. The first-order valence-electron chi connectivity index (χ1n) is 8.06. The van der Waals surface area contributed by atoms with Crippen LogP contribution in [0.5, 0.6) is 0 Å². The van der Waals surface area contributed by atoms with Gasteiger partial charge in [-0.15, -0.1) is 0 Å². The highest BCUT2D eigenvalue weighted by molar-refractivity contribution is 6.35. The van der Waals surface area contributed by atoms with Gasteiger partial charge in [0.05, 0.1) is 5.52 Å². The molecule has 2 aliphatic rings. The van der Waals surface area contributed by atoms with Crippen molar-refractivity contribution in [2.24, 2.45) is 17.8 Å². The molecule has 1 N–H and O–H groups in total. The van der Waals surface area contributed by atoms with Gasteiger partial charge < -0.3 is 5.32 Å². The first kappa shape index (κ1) is 13.5. The van der Waals surface area contributed by atoms with Gasteiger partial charge in [0.25, 0.3) is 0 Å². The summed E-state index contributed by atoms with van der Waals surface area (Å²) in [4.78, 5) is 4.51. The summed E-state index contributed by atoms with van der Waals surface area (Å²) in [7, 11) is 0. The molecule has 2 fully saturated rings. The molecule has 0 radical (unpaired) electrons. The molecule has 0 aliphatic heterocycles. The minimum absolute atomic E-state index is 0.788. The third-order valence-corrected chi connectivity index (χ3v) is 5.28. The van der Waals surface area contributed by atoms with Crippen LogP contribution in [0.3, 0.4) is 0 Å². The van der Waals surface area contributed by atoms with Gasteiger partial charge in [-0.25, -0.2) is 0 Å². The van der Waals surface area contributed by atoms with E-state index in [2.05, 4.69) is 16.4 Å². The summed E-state index contributed by atoms with van der Waals surface area (Å²) < 4.78 is 0. The first-order chi connectivity index (χ1) is 10.3. The Hall–Kier alpha value is -1.12. The van der Waals surface area contributed by atoms with Gasteiger partial charge in [-0.3, -0.25) is 4.98 Å². The van der Waals surface area contributed by atoms with Crippen molar-refractivity contribution in [1.82, 2.24) is 10.3 Å². The minimum Gasteiger partial charge on any atom is -0.312 e. The lowest BCUT2D eigenvalue weighted by molar-refractivity contribution is 0.379. The topological polar surface area (TPSA) is 24.9 Å². The minimum atomic E-state index is 0.788. The number of nitrogens with one attached hydrogen (secondary N) is 1. The predicted octanol–water partition coefficient (Wildman–Crippen LogP) is 4.41. The van der Waals surface area contributed by atoms with Gasteiger partial charge in [0.1, 0.15) is 0 Å². The molecule has 4 rings (SSSR count). The van der Waals surface area contributed by atoms with E-state index in [0.717, 1.165) is 46.8 Å². The number of hydrogen-bond acceptors (Lipinski definition) is 2. The van der Waals surface area contributed by atoms with Crippen LogP contribution in [0.4, 0.5) is 0 Å². The summed E-state index contributed by atoms with van der Waals surface area (Å²) in [6, 6.07) is 8.09. The summed E-state index contributed by atoms with van der Waals surface area (Å²) >= 11 is 6.25. The lowest BCUT2D eigenvalue weighted by atomic mass is 9.98. The summed E-state index contributed by atoms with van der Waals surface area (Å²) in [5.74, 6) is 2.92. The first-order valence-corrected chi connectivity index (χ1v) is 8.43. The van der Waals surface area contributed by atoms with E-state index in [1.165, 1.54) is 31.2 Å². The fourth-order valence-electron chi connectivity index (χ4n) is 3.48. The number of halogens is 1. The fraction of sp³-hybridized carbons (Fsp3) is 0.500. The van der Waals surface area contributed by atoms with Gasteiger partial charge >= 0.3 is 0 Å². The molecule has 0 amide bonds. The standard InChI is InChI=1S/C18H21ClN2/c19-17-8-7-14(18-15(17)2-1-9-21-18)10-20-11-16(12-3-4-12)13-5-6-13/h1-2,7-9,12-13,16,20H,3-6,10-11H2. The van der Waals surface area contributed by atoms with Crippen LogP contribution in [0.1, 0.15) is 31.2 Å². The molecule has 1 heterocycles. The zero-order valence-electron chi connectivity index (χ0n) is 12.2. The van der Waals surface area contributed by atoms with E-state index in [-0.39, 0.29) is 0 Å². The van der Waals surface area contributed by atoms with Crippen LogP contribution >= 0.6 is 11.6 Å². The van der Waals surface area contributed by atoms with Crippen molar-refractivity contribution in [3.05, 3.63) is 41.0 Å². The van der Waals surface area contributed by atoms with Crippen LogP contribution in [0.2, 0.25) is 5.02 Å². The zero-order chi connectivity index (χ0) is 14.2. The molecule has 1 aromatic heterocycles. The Balaban J connectivity index is 1.46. The van der Waals surface area contributed by atoms with Crippen molar-refractivity contribution >= 4 is 22.5 Å². The molecule has 2 aliphatic carbocycles. The lowest BCUT2D eigenvalue weighted by Gasteiger charge is -2.16. The molecule has 0 bridgehead atoms. The van der Waals surface area contributed by atoms with Gasteiger partial charge in [0.2, 0.25) is 0 Å². The zero-order valence-corrected chi connectivity index (χ0v) is 12.9. The normalized spacial score (nSPS) is 18.6. The van der Waals surface area contributed by atoms with Crippen LogP contribution in [0.15, 0.2) is 30.5 Å². The SMILES string of the molecule is Clc1ccc(CNCC(C2CC2)C2CC2)c2ncccc12. The second-order valence-corrected chi connectivity index (χ2v) is 6.98. The Labute approximate surface area is 130 Å². The summed E-state index contributed by atoms with van der Waals surface area (Å²) in [5.41, 5.74) is 2.28. The quantitative estimate of drug-likeness (QED) is 0.854. The summed E-state index contributed by atoms with van der Waals surface area (Å²) in [6.07, 6.45) is 7.66. The van der Waals surface area contributed by atoms with E-state index in [0.29, 0.717) is 0 Å².